The largest absolute Gasteiger partial charge is 0.390 e. The molecule has 0 saturated heterocycles. The summed E-state index contributed by atoms with van der Waals surface area (Å²) in [6, 6.07) is 4.08. The lowest BCUT2D eigenvalue weighted by Gasteiger charge is -2.19. The third-order valence-corrected chi connectivity index (χ3v) is 6.93. The zero-order valence-electron chi connectivity index (χ0n) is 20.1. The Bertz CT molecular complexity index is 1140. The topological polar surface area (TPSA) is 92.9 Å². The fraction of sp³-hybridized carbons (Fsp3) is 0.520. The van der Waals surface area contributed by atoms with Gasteiger partial charge >= 0.3 is 0 Å². The molecule has 3 aromatic heterocycles. The molecule has 176 valence electrons. The van der Waals surface area contributed by atoms with Gasteiger partial charge in [-0.1, -0.05) is 0 Å². The third-order valence-electron chi connectivity index (χ3n) is 5.97. The van der Waals surface area contributed by atoms with Crippen molar-refractivity contribution in [3.05, 3.63) is 45.5 Å². The Labute approximate surface area is 199 Å². The van der Waals surface area contributed by atoms with E-state index in [1.54, 1.807) is 28.4 Å². The number of hydrogen-bond acceptors (Lipinski definition) is 6. The van der Waals surface area contributed by atoms with Crippen molar-refractivity contribution in [3.8, 4) is 17.2 Å². The summed E-state index contributed by atoms with van der Waals surface area (Å²) in [5, 5.41) is 17.5. The zero-order valence-corrected chi connectivity index (χ0v) is 20.9. The standard InChI is InChI=1S/C25H33N5O2S/c1-15(7-6-11-25(4,5)32)28-23(31)20-14-27-30(22(20)18-8-9-18)24-26-12-10-21(29-24)19-13-16(2)33-17(19)3/h10,12-15,18,32H,6-9,11H2,1-5H3,(H,28,31). The number of aryl methyl sites for hydroxylation is 2. The first-order valence-corrected chi connectivity index (χ1v) is 12.5. The SMILES string of the molecule is Cc1cc(-c2ccnc(-n3ncc(C(=O)NC(C)CCCC(C)(C)O)c3C3CC3)n2)c(C)s1. The van der Waals surface area contributed by atoms with Crippen LogP contribution in [0.25, 0.3) is 17.2 Å². The van der Waals surface area contributed by atoms with Crippen LogP contribution < -0.4 is 5.32 Å². The van der Waals surface area contributed by atoms with Gasteiger partial charge in [-0.15, -0.1) is 11.3 Å². The van der Waals surface area contributed by atoms with E-state index < -0.39 is 5.60 Å². The molecule has 0 aliphatic heterocycles. The molecular weight excluding hydrogens is 434 g/mol. The van der Waals surface area contributed by atoms with Crippen molar-refractivity contribution in [3.63, 3.8) is 0 Å². The molecule has 1 aliphatic carbocycles. The summed E-state index contributed by atoms with van der Waals surface area (Å²) in [7, 11) is 0. The zero-order chi connectivity index (χ0) is 23.8. The van der Waals surface area contributed by atoms with Crippen LogP contribution >= 0.6 is 11.3 Å². The van der Waals surface area contributed by atoms with E-state index in [2.05, 4.69) is 35.3 Å². The Kier molecular flexibility index (Phi) is 6.68. The van der Waals surface area contributed by atoms with E-state index in [1.807, 2.05) is 26.8 Å². The summed E-state index contributed by atoms with van der Waals surface area (Å²) >= 11 is 1.75. The summed E-state index contributed by atoms with van der Waals surface area (Å²) in [5.74, 6) is 0.686. The van der Waals surface area contributed by atoms with Crippen LogP contribution in [0.1, 0.15) is 84.6 Å². The van der Waals surface area contributed by atoms with Gasteiger partial charge < -0.3 is 10.4 Å². The first-order chi connectivity index (χ1) is 15.6. The normalized spacial score (nSPS) is 15.0. The molecule has 0 aromatic carbocycles. The van der Waals surface area contributed by atoms with E-state index >= 15 is 0 Å². The molecule has 0 bridgehead atoms. The van der Waals surface area contributed by atoms with Gasteiger partial charge in [-0.2, -0.15) is 5.10 Å². The van der Waals surface area contributed by atoms with Gasteiger partial charge in [0.25, 0.3) is 11.9 Å². The molecule has 3 aromatic rings. The molecule has 1 saturated carbocycles. The Morgan fingerprint density at radius 3 is 2.76 bits per heavy atom. The number of rotatable bonds is 9. The first-order valence-electron chi connectivity index (χ1n) is 11.6. The van der Waals surface area contributed by atoms with Gasteiger partial charge in [0.05, 0.1) is 28.7 Å². The summed E-state index contributed by atoms with van der Waals surface area (Å²) in [4.78, 5) is 24.8. The molecule has 0 spiro atoms. The fourth-order valence-corrected chi connectivity index (χ4v) is 5.08. The summed E-state index contributed by atoms with van der Waals surface area (Å²) < 4.78 is 1.74. The van der Waals surface area contributed by atoms with E-state index in [0.717, 1.165) is 42.6 Å². The minimum Gasteiger partial charge on any atom is -0.390 e. The van der Waals surface area contributed by atoms with E-state index in [-0.39, 0.29) is 11.9 Å². The van der Waals surface area contributed by atoms with E-state index in [9.17, 15) is 9.90 Å². The smallest absolute Gasteiger partial charge is 0.254 e. The van der Waals surface area contributed by atoms with Gasteiger partial charge in [0.1, 0.15) is 0 Å². The summed E-state index contributed by atoms with van der Waals surface area (Å²) in [6.45, 7) is 9.82. The number of aromatic nitrogens is 4. The maximum absolute atomic E-state index is 13.1. The van der Waals surface area contributed by atoms with E-state index in [0.29, 0.717) is 23.9 Å². The van der Waals surface area contributed by atoms with Gasteiger partial charge in [-0.05, 0) is 78.9 Å². The van der Waals surface area contributed by atoms with Crippen molar-refractivity contribution in [1.82, 2.24) is 25.1 Å². The number of nitrogens with zero attached hydrogens (tertiary/aromatic N) is 4. The Morgan fingerprint density at radius 2 is 2.12 bits per heavy atom. The lowest BCUT2D eigenvalue weighted by molar-refractivity contribution is 0.0674. The number of hydrogen-bond donors (Lipinski definition) is 2. The lowest BCUT2D eigenvalue weighted by Crippen LogP contribution is -2.33. The maximum atomic E-state index is 13.1. The van der Waals surface area contributed by atoms with Crippen molar-refractivity contribution in [2.24, 2.45) is 0 Å². The molecule has 1 unspecified atom stereocenters. The highest BCUT2D eigenvalue weighted by atomic mass is 32.1. The van der Waals surface area contributed by atoms with Crippen molar-refractivity contribution < 1.29 is 9.90 Å². The molecule has 4 rings (SSSR count). The van der Waals surface area contributed by atoms with E-state index in [4.69, 9.17) is 4.98 Å². The number of carbonyl (C=O) groups excluding carboxylic acids is 1. The second kappa shape index (κ2) is 9.35. The number of thiophene rings is 1. The second-order valence-corrected chi connectivity index (χ2v) is 11.2. The Morgan fingerprint density at radius 1 is 1.36 bits per heavy atom. The van der Waals surface area contributed by atoms with E-state index in [1.165, 1.54) is 9.75 Å². The molecular formula is C25H33N5O2S. The first kappa shape index (κ1) is 23.6. The average molecular weight is 468 g/mol. The fourth-order valence-electron chi connectivity index (χ4n) is 4.14. The number of amides is 1. The highest BCUT2D eigenvalue weighted by molar-refractivity contribution is 7.12. The highest BCUT2D eigenvalue weighted by Gasteiger charge is 2.34. The van der Waals surface area contributed by atoms with Crippen molar-refractivity contribution in [1.29, 1.82) is 0 Å². The van der Waals surface area contributed by atoms with Gasteiger partial charge in [0.15, 0.2) is 0 Å². The summed E-state index contributed by atoms with van der Waals surface area (Å²) in [5.41, 5.74) is 2.79. The van der Waals surface area contributed by atoms with Gasteiger partial charge in [-0.3, -0.25) is 4.79 Å². The molecule has 2 N–H and O–H groups in total. The predicted octanol–water partition coefficient (Wildman–Crippen LogP) is 4.94. The van der Waals surface area contributed by atoms with Crippen LogP contribution in [0, 0.1) is 13.8 Å². The molecule has 1 fully saturated rings. The van der Waals surface area contributed by atoms with Gasteiger partial charge in [0, 0.05) is 33.5 Å². The molecule has 33 heavy (non-hydrogen) atoms. The Balaban J connectivity index is 1.55. The number of carbonyl (C=O) groups is 1. The van der Waals surface area contributed by atoms with Crippen LogP contribution in [-0.4, -0.2) is 42.4 Å². The lowest BCUT2D eigenvalue weighted by atomic mass is 9.99. The predicted molar refractivity (Wildman–Crippen MR) is 131 cm³/mol. The monoisotopic (exact) mass is 467 g/mol. The number of aliphatic hydroxyl groups is 1. The van der Waals surface area contributed by atoms with Crippen LogP contribution in [0.15, 0.2) is 24.5 Å². The van der Waals surface area contributed by atoms with Gasteiger partial charge in [-0.25, -0.2) is 14.6 Å². The molecule has 8 heteroatoms. The summed E-state index contributed by atoms with van der Waals surface area (Å²) in [6.07, 6.45) is 7.84. The van der Waals surface area contributed by atoms with Crippen LogP contribution in [-0.2, 0) is 0 Å². The van der Waals surface area contributed by atoms with Crippen molar-refractivity contribution in [2.75, 3.05) is 0 Å². The molecule has 1 amide bonds. The number of nitrogens with one attached hydrogen (secondary N) is 1. The highest BCUT2D eigenvalue weighted by Crippen LogP contribution is 2.42. The molecule has 0 radical (unpaired) electrons. The maximum Gasteiger partial charge on any atom is 0.254 e. The molecule has 3 heterocycles. The van der Waals surface area contributed by atoms with Crippen molar-refractivity contribution >= 4 is 17.2 Å². The minimum atomic E-state index is -0.682. The van der Waals surface area contributed by atoms with Crippen LogP contribution in [0.2, 0.25) is 0 Å². The quantitative estimate of drug-likeness (QED) is 0.465. The average Bonchev–Trinajstić information content (AvgIpc) is 3.38. The minimum absolute atomic E-state index is 0.0136. The molecule has 7 nitrogen and oxygen atoms in total. The molecule has 1 atom stereocenters. The Hall–Kier alpha value is -2.58. The van der Waals surface area contributed by atoms with Crippen LogP contribution in [0.3, 0.4) is 0 Å². The third kappa shape index (κ3) is 5.68. The van der Waals surface area contributed by atoms with Crippen LogP contribution in [0.5, 0.6) is 0 Å². The van der Waals surface area contributed by atoms with Crippen molar-refractivity contribution in [2.45, 2.75) is 84.3 Å². The van der Waals surface area contributed by atoms with Gasteiger partial charge in [0.2, 0.25) is 0 Å². The second-order valence-electron chi connectivity index (χ2n) is 9.78. The molecule has 1 aliphatic rings. The van der Waals surface area contributed by atoms with Crippen LogP contribution in [0.4, 0.5) is 0 Å².